The van der Waals surface area contributed by atoms with E-state index in [2.05, 4.69) is 61.2 Å². The van der Waals surface area contributed by atoms with Crippen LogP contribution in [0.2, 0.25) is 0 Å². The molecule has 0 radical (unpaired) electrons. The summed E-state index contributed by atoms with van der Waals surface area (Å²) in [6.07, 6.45) is 9.37. The predicted molar refractivity (Wildman–Crippen MR) is 137 cm³/mol. The Hall–Kier alpha value is -1.79. The molecule has 2 aromatic rings. The number of ether oxygens (including phenoxy) is 1. The van der Waals surface area contributed by atoms with Gasteiger partial charge in [-0.05, 0) is 48.8 Å². The third-order valence-electron chi connectivity index (χ3n) is 6.10. The highest BCUT2D eigenvalue weighted by molar-refractivity contribution is 7.99. The summed E-state index contributed by atoms with van der Waals surface area (Å²) in [4.78, 5) is 15.7. The van der Waals surface area contributed by atoms with Crippen molar-refractivity contribution in [3.8, 4) is 5.75 Å². The Labute approximate surface area is 201 Å². The lowest BCUT2D eigenvalue weighted by Crippen LogP contribution is -2.36. The van der Waals surface area contributed by atoms with E-state index in [0.29, 0.717) is 5.75 Å². The van der Waals surface area contributed by atoms with E-state index in [-0.39, 0.29) is 12.0 Å². The number of hydrogen-bond donors (Lipinski definition) is 1. The second-order valence-electron chi connectivity index (χ2n) is 8.57. The quantitative estimate of drug-likeness (QED) is 0.341. The number of thioether (sulfide) groups is 2. The van der Waals surface area contributed by atoms with Crippen molar-refractivity contribution >= 4 is 40.9 Å². The number of anilines is 2. The molecule has 0 unspecified atom stereocenters. The summed E-state index contributed by atoms with van der Waals surface area (Å²) in [5.41, 5.74) is 2.65. The van der Waals surface area contributed by atoms with Crippen LogP contribution in [0, 0.1) is 5.41 Å². The van der Waals surface area contributed by atoms with Gasteiger partial charge in [0.15, 0.2) is 6.61 Å². The van der Waals surface area contributed by atoms with E-state index in [4.69, 9.17) is 9.84 Å². The summed E-state index contributed by atoms with van der Waals surface area (Å²) in [5.74, 6) is 0.776. The molecular weight excluding hydrogens is 438 g/mol. The summed E-state index contributed by atoms with van der Waals surface area (Å²) >= 11 is 3.50. The Bertz CT molecular complexity index is 880. The summed E-state index contributed by atoms with van der Waals surface area (Å²) in [5, 5.41) is 9.10. The van der Waals surface area contributed by atoms with Crippen molar-refractivity contribution in [2.24, 2.45) is 5.41 Å². The van der Waals surface area contributed by atoms with Gasteiger partial charge >= 0.3 is 5.97 Å². The van der Waals surface area contributed by atoms with Crippen LogP contribution in [0.15, 0.2) is 52.3 Å². The van der Waals surface area contributed by atoms with E-state index in [1.54, 1.807) is 11.8 Å². The van der Waals surface area contributed by atoms with E-state index < -0.39 is 5.97 Å². The maximum Gasteiger partial charge on any atom is 0.341 e. The van der Waals surface area contributed by atoms with Gasteiger partial charge in [0, 0.05) is 22.9 Å². The maximum atomic E-state index is 11.1. The Morgan fingerprint density at radius 2 is 1.84 bits per heavy atom. The van der Waals surface area contributed by atoms with Crippen molar-refractivity contribution < 1.29 is 14.6 Å². The minimum Gasteiger partial charge on any atom is -0.481 e. The van der Waals surface area contributed by atoms with E-state index in [0.717, 1.165) is 17.2 Å². The first-order valence-electron chi connectivity index (χ1n) is 11.5. The normalized spacial score (nSPS) is 15.2. The van der Waals surface area contributed by atoms with Crippen molar-refractivity contribution in [3.05, 3.63) is 42.5 Å². The van der Waals surface area contributed by atoms with Gasteiger partial charge in [0.05, 0.1) is 10.6 Å². The molecule has 0 spiro atoms. The highest BCUT2D eigenvalue weighted by Crippen LogP contribution is 2.49. The van der Waals surface area contributed by atoms with Crippen molar-refractivity contribution in [1.29, 1.82) is 0 Å². The fraction of sp³-hybridized carbons (Fsp3) is 0.500. The smallest absolute Gasteiger partial charge is 0.341 e. The van der Waals surface area contributed by atoms with E-state index in [9.17, 15) is 4.79 Å². The monoisotopic (exact) mass is 473 g/mol. The molecule has 174 valence electrons. The molecule has 0 amide bonds. The zero-order valence-corrected chi connectivity index (χ0v) is 21.1. The average Bonchev–Trinajstić information content (AvgIpc) is 2.97. The molecule has 1 aliphatic rings. The lowest BCUT2D eigenvalue weighted by atomic mass is 9.79. The SMILES string of the molecule is CCCCC1(CCCC)CSc2cc(OCC(=O)O)c(SC)cc2N(c2ccccc2)C1. The number of aliphatic carboxylic acids is 1. The van der Waals surface area contributed by atoms with Crippen molar-refractivity contribution in [2.45, 2.75) is 62.2 Å². The number of carboxylic acids is 1. The zero-order valence-electron chi connectivity index (χ0n) is 19.4. The van der Waals surface area contributed by atoms with Crippen LogP contribution in [0.3, 0.4) is 0 Å². The zero-order chi connectivity index (χ0) is 23.0. The van der Waals surface area contributed by atoms with Crippen LogP contribution in [0.25, 0.3) is 0 Å². The third-order valence-corrected chi connectivity index (χ3v) is 8.26. The number of hydrogen-bond acceptors (Lipinski definition) is 5. The number of rotatable bonds is 11. The molecule has 2 aromatic carbocycles. The van der Waals surface area contributed by atoms with Gasteiger partial charge in [-0.1, -0.05) is 57.7 Å². The highest BCUT2D eigenvalue weighted by Gasteiger charge is 2.36. The Morgan fingerprint density at radius 1 is 1.16 bits per heavy atom. The summed E-state index contributed by atoms with van der Waals surface area (Å²) in [6.45, 7) is 5.23. The van der Waals surface area contributed by atoms with Gasteiger partial charge in [-0.2, -0.15) is 0 Å². The molecule has 0 bridgehead atoms. The lowest BCUT2D eigenvalue weighted by Gasteiger charge is -2.37. The fourth-order valence-corrected chi connectivity index (χ4v) is 6.23. The van der Waals surface area contributed by atoms with Crippen molar-refractivity contribution in [3.63, 3.8) is 0 Å². The summed E-state index contributed by atoms with van der Waals surface area (Å²) < 4.78 is 5.67. The lowest BCUT2D eigenvalue weighted by molar-refractivity contribution is -0.139. The van der Waals surface area contributed by atoms with Crippen LogP contribution < -0.4 is 9.64 Å². The first kappa shape index (κ1) is 24.8. The Balaban J connectivity index is 2.07. The Morgan fingerprint density at radius 3 is 2.44 bits per heavy atom. The molecule has 0 fully saturated rings. The molecule has 1 heterocycles. The van der Waals surface area contributed by atoms with Gasteiger partial charge in [0.1, 0.15) is 5.75 Å². The molecule has 0 atom stereocenters. The van der Waals surface area contributed by atoms with Crippen LogP contribution in [-0.4, -0.2) is 36.2 Å². The van der Waals surface area contributed by atoms with Crippen LogP contribution in [0.5, 0.6) is 5.75 Å². The molecule has 3 rings (SSSR count). The molecular formula is C26H35NO3S2. The van der Waals surface area contributed by atoms with Gasteiger partial charge < -0.3 is 14.7 Å². The van der Waals surface area contributed by atoms with E-state index in [1.807, 2.05) is 18.0 Å². The Kier molecular flexibility index (Phi) is 9.23. The second kappa shape index (κ2) is 11.9. The number of carboxylic acid groups (broad SMARTS) is 1. The molecule has 1 N–H and O–H groups in total. The van der Waals surface area contributed by atoms with Crippen LogP contribution >= 0.6 is 23.5 Å². The first-order chi connectivity index (χ1) is 15.5. The van der Waals surface area contributed by atoms with Crippen LogP contribution in [0.4, 0.5) is 11.4 Å². The number of para-hydroxylation sites is 1. The van der Waals surface area contributed by atoms with Crippen molar-refractivity contribution in [1.82, 2.24) is 0 Å². The number of unbranched alkanes of at least 4 members (excludes halogenated alkanes) is 2. The van der Waals surface area contributed by atoms with Crippen LogP contribution in [-0.2, 0) is 4.79 Å². The minimum absolute atomic E-state index is 0.243. The molecule has 0 aromatic heterocycles. The number of benzene rings is 2. The molecule has 0 saturated carbocycles. The largest absolute Gasteiger partial charge is 0.481 e. The fourth-order valence-electron chi connectivity index (χ4n) is 4.34. The van der Waals surface area contributed by atoms with Gasteiger partial charge in [0.2, 0.25) is 0 Å². The van der Waals surface area contributed by atoms with E-state index >= 15 is 0 Å². The first-order valence-corrected chi connectivity index (χ1v) is 13.7. The molecule has 32 heavy (non-hydrogen) atoms. The number of nitrogens with zero attached hydrogens (tertiary/aromatic N) is 1. The number of fused-ring (bicyclic) bond motifs is 1. The second-order valence-corrected chi connectivity index (χ2v) is 10.4. The molecule has 0 aliphatic carbocycles. The highest BCUT2D eigenvalue weighted by atomic mass is 32.2. The predicted octanol–water partition coefficient (Wildman–Crippen LogP) is 7.48. The molecule has 6 heteroatoms. The van der Waals surface area contributed by atoms with Gasteiger partial charge in [-0.25, -0.2) is 4.79 Å². The summed E-state index contributed by atoms with van der Waals surface area (Å²) in [7, 11) is 0. The van der Waals surface area contributed by atoms with E-state index in [1.165, 1.54) is 54.8 Å². The minimum atomic E-state index is -0.955. The number of carbonyl (C=O) groups is 1. The molecule has 0 saturated heterocycles. The van der Waals surface area contributed by atoms with Gasteiger partial charge in [-0.15, -0.1) is 23.5 Å². The van der Waals surface area contributed by atoms with Crippen molar-refractivity contribution in [2.75, 3.05) is 30.1 Å². The molecule has 1 aliphatic heterocycles. The summed E-state index contributed by atoms with van der Waals surface area (Å²) in [6, 6.07) is 14.9. The topological polar surface area (TPSA) is 49.8 Å². The average molecular weight is 474 g/mol. The molecule has 4 nitrogen and oxygen atoms in total. The third kappa shape index (κ3) is 6.16. The van der Waals surface area contributed by atoms with Gasteiger partial charge in [-0.3, -0.25) is 0 Å². The standard InChI is InChI=1S/C26H35NO3S2/c1-4-6-13-26(14-7-5-2)18-27(20-11-9-8-10-12-20)21-15-24(31-3)22(30-17-25(28)29)16-23(21)32-19-26/h8-12,15-16H,4-7,13-14,17-19H2,1-3H3,(H,28,29). The van der Waals surface area contributed by atoms with Gasteiger partial charge in [0.25, 0.3) is 0 Å². The maximum absolute atomic E-state index is 11.1. The van der Waals surface area contributed by atoms with Crippen LogP contribution in [0.1, 0.15) is 52.4 Å².